The Bertz CT molecular complexity index is 1050. The van der Waals surface area contributed by atoms with Crippen LogP contribution in [0.4, 0.5) is 21.7 Å². The maximum atomic E-state index is 14.6. The summed E-state index contributed by atoms with van der Waals surface area (Å²) in [6.07, 6.45) is 1.72. The standard InChI is InChI=1S/C20H26FN7O2/c1-4-28-17-7-5-6-15(13(17)9-24-28)25-19-12(18(23)29)8-14(21)20(27-19)26-16(10-30-3)11(2)22/h5-9,11,16H,4,10,22H2,1-3H3,(H2,23,29)(H2,25,26,27)/t11-,16+/m0/s1. The van der Waals surface area contributed by atoms with E-state index in [-0.39, 0.29) is 35.9 Å². The number of amides is 1. The number of carbonyl (C=O) groups excluding carboxylic acids is 1. The number of hydrogen-bond donors (Lipinski definition) is 4. The van der Waals surface area contributed by atoms with Gasteiger partial charge in [-0.15, -0.1) is 0 Å². The number of benzene rings is 1. The van der Waals surface area contributed by atoms with E-state index in [0.29, 0.717) is 12.2 Å². The van der Waals surface area contributed by atoms with E-state index >= 15 is 0 Å². The van der Waals surface area contributed by atoms with Gasteiger partial charge in [-0.25, -0.2) is 9.37 Å². The van der Waals surface area contributed by atoms with Gasteiger partial charge in [0, 0.05) is 25.1 Å². The van der Waals surface area contributed by atoms with Crippen molar-refractivity contribution in [1.29, 1.82) is 0 Å². The van der Waals surface area contributed by atoms with Gasteiger partial charge in [-0.1, -0.05) is 6.07 Å². The molecule has 0 saturated heterocycles. The Morgan fingerprint density at radius 3 is 2.77 bits per heavy atom. The number of nitrogens with zero attached hydrogens (tertiary/aromatic N) is 3. The third-order valence-corrected chi connectivity index (χ3v) is 4.78. The summed E-state index contributed by atoms with van der Waals surface area (Å²) in [5.41, 5.74) is 12.9. The molecule has 0 saturated carbocycles. The lowest BCUT2D eigenvalue weighted by atomic mass is 10.1. The lowest BCUT2D eigenvalue weighted by Gasteiger charge is -2.23. The number of ether oxygens (including phenoxy) is 1. The van der Waals surface area contributed by atoms with Crippen molar-refractivity contribution in [3.63, 3.8) is 0 Å². The molecule has 0 radical (unpaired) electrons. The summed E-state index contributed by atoms with van der Waals surface area (Å²) in [5, 5.41) is 11.2. The van der Waals surface area contributed by atoms with Gasteiger partial charge in [-0.2, -0.15) is 5.10 Å². The fraction of sp³-hybridized carbons (Fsp3) is 0.350. The number of hydrogen-bond acceptors (Lipinski definition) is 7. The molecule has 160 valence electrons. The number of halogens is 1. The maximum absolute atomic E-state index is 14.6. The summed E-state index contributed by atoms with van der Waals surface area (Å²) in [7, 11) is 1.53. The molecule has 3 aromatic rings. The van der Waals surface area contributed by atoms with E-state index < -0.39 is 11.7 Å². The molecule has 0 aliphatic carbocycles. The second-order valence-electron chi connectivity index (χ2n) is 6.97. The number of nitrogens with one attached hydrogen (secondary N) is 2. The Hall–Kier alpha value is -3.24. The fourth-order valence-electron chi connectivity index (χ4n) is 3.15. The van der Waals surface area contributed by atoms with Gasteiger partial charge < -0.3 is 26.8 Å². The third kappa shape index (κ3) is 4.34. The number of carbonyl (C=O) groups is 1. The minimum atomic E-state index is -0.799. The van der Waals surface area contributed by atoms with Crippen LogP contribution in [-0.4, -0.2) is 46.5 Å². The number of anilines is 3. The number of aromatic nitrogens is 3. The van der Waals surface area contributed by atoms with Crippen LogP contribution in [0.25, 0.3) is 10.9 Å². The smallest absolute Gasteiger partial charge is 0.252 e. The molecule has 0 spiro atoms. The van der Waals surface area contributed by atoms with Gasteiger partial charge in [0.25, 0.3) is 5.91 Å². The molecule has 10 heteroatoms. The predicted molar refractivity (Wildman–Crippen MR) is 114 cm³/mol. The zero-order chi connectivity index (χ0) is 21.8. The zero-order valence-electron chi connectivity index (χ0n) is 17.1. The molecular formula is C20H26FN7O2. The summed E-state index contributed by atoms with van der Waals surface area (Å²) in [4.78, 5) is 16.2. The van der Waals surface area contributed by atoms with Gasteiger partial charge in [0.1, 0.15) is 5.82 Å². The first-order chi connectivity index (χ1) is 14.3. The molecule has 1 aromatic carbocycles. The highest BCUT2D eigenvalue weighted by Crippen LogP contribution is 2.29. The first-order valence-electron chi connectivity index (χ1n) is 9.58. The van der Waals surface area contributed by atoms with Crippen LogP contribution < -0.4 is 22.1 Å². The van der Waals surface area contributed by atoms with Crippen molar-refractivity contribution in [3.8, 4) is 0 Å². The molecule has 2 atom stereocenters. The summed E-state index contributed by atoms with van der Waals surface area (Å²) in [5.74, 6) is -1.44. The van der Waals surface area contributed by atoms with Crippen molar-refractivity contribution in [2.45, 2.75) is 32.5 Å². The van der Waals surface area contributed by atoms with Crippen LogP contribution in [0.3, 0.4) is 0 Å². The second kappa shape index (κ2) is 9.06. The van der Waals surface area contributed by atoms with Gasteiger partial charge in [0.2, 0.25) is 0 Å². The van der Waals surface area contributed by atoms with Crippen molar-refractivity contribution < 1.29 is 13.9 Å². The molecule has 0 aliphatic rings. The Balaban J connectivity index is 2.03. The summed E-state index contributed by atoms with van der Waals surface area (Å²) in [6.45, 7) is 4.73. The first kappa shape index (κ1) is 21.5. The topological polar surface area (TPSA) is 133 Å². The summed E-state index contributed by atoms with van der Waals surface area (Å²) < 4.78 is 21.6. The fourth-order valence-corrected chi connectivity index (χ4v) is 3.15. The van der Waals surface area contributed by atoms with Crippen LogP contribution in [0, 0.1) is 5.82 Å². The largest absolute Gasteiger partial charge is 0.382 e. The van der Waals surface area contributed by atoms with Crippen molar-refractivity contribution in [1.82, 2.24) is 14.8 Å². The van der Waals surface area contributed by atoms with Crippen LogP contribution >= 0.6 is 0 Å². The number of aryl methyl sites for hydroxylation is 1. The average Bonchev–Trinajstić information content (AvgIpc) is 3.13. The van der Waals surface area contributed by atoms with E-state index in [1.54, 1.807) is 13.1 Å². The SMILES string of the molecule is CCn1ncc2c(Nc3nc(N[C@H](COC)[C@H](C)N)c(F)cc3C(N)=O)cccc21. The van der Waals surface area contributed by atoms with E-state index in [1.807, 2.05) is 29.8 Å². The minimum absolute atomic E-state index is 0.0571. The number of fused-ring (bicyclic) bond motifs is 1. The molecule has 9 nitrogen and oxygen atoms in total. The summed E-state index contributed by atoms with van der Waals surface area (Å²) >= 11 is 0. The Labute approximate surface area is 173 Å². The average molecular weight is 415 g/mol. The van der Waals surface area contributed by atoms with E-state index in [9.17, 15) is 9.18 Å². The lowest BCUT2D eigenvalue weighted by Crippen LogP contribution is -2.41. The highest BCUT2D eigenvalue weighted by atomic mass is 19.1. The lowest BCUT2D eigenvalue weighted by molar-refractivity contribution is 0.100. The number of pyridine rings is 1. The van der Waals surface area contributed by atoms with E-state index in [1.165, 1.54) is 7.11 Å². The molecule has 1 amide bonds. The van der Waals surface area contributed by atoms with Crippen LogP contribution in [0.5, 0.6) is 0 Å². The Morgan fingerprint density at radius 2 is 2.13 bits per heavy atom. The second-order valence-corrected chi connectivity index (χ2v) is 6.97. The van der Waals surface area contributed by atoms with Gasteiger partial charge >= 0.3 is 0 Å². The van der Waals surface area contributed by atoms with E-state index in [2.05, 4.69) is 20.7 Å². The highest BCUT2D eigenvalue weighted by Gasteiger charge is 2.21. The van der Waals surface area contributed by atoms with Crippen molar-refractivity contribution in [2.75, 3.05) is 24.4 Å². The normalized spacial score (nSPS) is 13.2. The Kier molecular flexibility index (Phi) is 6.48. The van der Waals surface area contributed by atoms with Gasteiger partial charge in [-0.3, -0.25) is 9.48 Å². The molecule has 0 fully saturated rings. The zero-order valence-corrected chi connectivity index (χ0v) is 17.1. The predicted octanol–water partition coefficient (Wildman–Crippen LogP) is 2.21. The van der Waals surface area contributed by atoms with Crippen LogP contribution in [0.1, 0.15) is 24.2 Å². The monoisotopic (exact) mass is 415 g/mol. The molecule has 2 aromatic heterocycles. The van der Waals surface area contributed by atoms with E-state index in [0.717, 1.165) is 17.0 Å². The van der Waals surface area contributed by atoms with Crippen LogP contribution in [-0.2, 0) is 11.3 Å². The van der Waals surface area contributed by atoms with Gasteiger partial charge in [-0.05, 0) is 32.0 Å². The van der Waals surface area contributed by atoms with E-state index in [4.69, 9.17) is 16.2 Å². The molecular weight excluding hydrogens is 389 g/mol. The molecule has 0 aliphatic heterocycles. The van der Waals surface area contributed by atoms with Crippen LogP contribution in [0.2, 0.25) is 0 Å². The van der Waals surface area contributed by atoms with Crippen LogP contribution in [0.15, 0.2) is 30.5 Å². The highest BCUT2D eigenvalue weighted by molar-refractivity contribution is 6.00. The molecule has 30 heavy (non-hydrogen) atoms. The molecule has 6 N–H and O–H groups in total. The van der Waals surface area contributed by atoms with Crippen molar-refractivity contribution in [2.24, 2.45) is 11.5 Å². The first-order valence-corrected chi connectivity index (χ1v) is 9.58. The Morgan fingerprint density at radius 1 is 1.37 bits per heavy atom. The number of nitrogens with two attached hydrogens (primary N) is 2. The molecule has 2 heterocycles. The quantitative estimate of drug-likeness (QED) is 0.421. The maximum Gasteiger partial charge on any atom is 0.252 e. The molecule has 0 unspecified atom stereocenters. The third-order valence-electron chi connectivity index (χ3n) is 4.78. The number of rotatable bonds is 9. The van der Waals surface area contributed by atoms with Crippen molar-refractivity contribution >= 4 is 34.1 Å². The van der Waals surface area contributed by atoms with Gasteiger partial charge in [0.05, 0.1) is 35.6 Å². The van der Waals surface area contributed by atoms with Gasteiger partial charge in [0.15, 0.2) is 11.6 Å². The number of methoxy groups -OCH3 is 1. The van der Waals surface area contributed by atoms with Crippen molar-refractivity contribution in [3.05, 3.63) is 41.8 Å². The summed E-state index contributed by atoms with van der Waals surface area (Å²) in [6, 6.07) is 5.97. The minimum Gasteiger partial charge on any atom is -0.382 e. The molecule has 3 rings (SSSR count). The molecule has 0 bridgehead atoms. The number of primary amides is 1.